The molecule has 0 aliphatic carbocycles. The number of carbonyl (C=O) groups is 1. The van der Waals surface area contributed by atoms with E-state index in [4.69, 9.17) is 17.3 Å². The van der Waals surface area contributed by atoms with Crippen LogP contribution in [0.3, 0.4) is 0 Å². The predicted molar refractivity (Wildman–Crippen MR) is 93.1 cm³/mol. The predicted octanol–water partition coefficient (Wildman–Crippen LogP) is 2.98. The number of hydrogen-bond acceptors (Lipinski definition) is 4. The van der Waals surface area contributed by atoms with E-state index in [1.165, 1.54) is 0 Å². The molecule has 1 fully saturated rings. The van der Waals surface area contributed by atoms with Gasteiger partial charge < -0.3 is 15.7 Å². The molecule has 6 nitrogen and oxygen atoms in total. The zero-order chi connectivity index (χ0) is 17.1. The van der Waals surface area contributed by atoms with E-state index in [9.17, 15) is 9.90 Å². The van der Waals surface area contributed by atoms with Gasteiger partial charge in [0.2, 0.25) is 0 Å². The highest BCUT2D eigenvalue weighted by Gasteiger charge is 2.30. The summed E-state index contributed by atoms with van der Waals surface area (Å²) in [5, 5.41) is 16.2. The third-order valence-electron chi connectivity index (χ3n) is 4.51. The number of benzene rings is 1. The number of nitrogen functional groups attached to an aromatic ring is 1. The number of amides is 1. The topological polar surface area (TPSA) is 95.2 Å². The third kappa shape index (κ3) is 3.48. The summed E-state index contributed by atoms with van der Waals surface area (Å²) in [7, 11) is 0. The minimum atomic E-state index is -0.148. The summed E-state index contributed by atoms with van der Waals surface area (Å²) in [5.41, 5.74) is 6.95. The number of nitrogens with zero attached hydrogens (tertiary/aromatic N) is 2. The quantitative estimate of drug-likeness (QED) is 0.791. The molecular weight excluding hydrogens is 328 g/mol. The summed E-state index contributed by atoms with van der Waals surface area (Å²) in [5.74, 6) is 0.266. The second-order valence-corrected chi connectivity index (χ2v) is 6.53. The minimum Gasteiger partial charge on any atom is -0.508 e. The maximum atomic E-state index is 12.8. The van der Waals surface area contributed by atoms with Crippen molar-refractivity contribution in [2.24, 2.45) is 0 Å². The summed E-state index contributed by atoms with van der Waals surface area (Å²) >= 11 is 6.07. The summed E-state index contributed by atoms with van der Waals surface area (Å²) < 4.78 is 0. The number of H-pyrrole nitrogens is 1. The molecule has 0 spiro atoms. The van der Waals surface area contributed by atoms with Crippen LogP contribution in [0.2, 0.25) is 5.02 Å². The molecule has 4 N–H and O–H groups in total. The van der Waals surface area contributed by atoms with Gasteiger partial charge in [-0.15, -0.1) is 0 Å². The molecule has 1 aromatic carbocycles. The van der Waals surface area contributed by atoms with Crippen LogP contribution >= 0.6 is 11.6 Å². The molecule has 24 heavy (non-hydrogen) atoms. The fourth-order valence-electron chi connectivity index (χ4n) is 3.24. The second-order valence-electron chi connectivity index (χ2n) is 6.15. The molecule has 3 rings (SSSR count). The third-order valence-corrected chi connectivity index (χ3v) is 4.89. The van der Waals surface area contributed by atoms with Crippen molar-refractivity contribution < 1.29 is 9.90 Å². The van der Waals surface area contributed by atoms with Gasteiger partial charge in [-0.2, -0.15) is 5.10 Å². The van der Waals surface area contributed by atoms with E-state index in [-0.39, 0.29) is 34.2 Å². The monoisotopic (exact) mass is 348 g/mol. The summed E-state index contributed by atoms with van der Waals surface area (Å²) in [6.45, 7) is 0.707. The lowest BCUT2D eigenvalue weighted by molar-refractivity contribution is 0.0596. The first-order valence-electron chi connectivity index (χ1n) is 8.14. The molecule has 0 saturated carbocycles. The molecule has 128 valence electrons. The van der Waals surface area contributed by atoms with Crippen LogP contribution in [-0.4, -0.2) is 38.7 Å². The summed E-state index contributed by atoms with van der Waals surface area (Å²) in [6, 6.07) is 7.39. The van der Waals surface area contributed by atoms with Gasteiger partial charge in [-0.25, -0.2) is 0 Å². The number of aromatic hydroxyl groups is 1. The molecule has 1 saturated heterocycles. The fourth-order valence-corrected chi connectivity index (χ4v) is 3.41. The number of carbonyl (C=O) groups excluding carboxylic acids is 1. The van der Waals surface area contributed by atoms with Gasteiger partial charge in [-0.3, -0.25) is 9.89 Å². The molecule has 0 bridgehead atoms. The minimum absolute atomic E-state index is 0.147. The van der Waals surface area contributed by atoms with E-state index in [1.54, 1.807) is 12.1 Å². The van der Waals surface area contributed by atoms with E-state index in [1.807, 2.05) is 17.0 Å². The zero-order valence-corrected chi connectivity index (χ0v) is 14.1. The van der Waals surface area contributed by atoms with Crippen molar-refractivity contribution in [3.8, 4) is 5.75 Å². The van der Waals surface area contributed by atoms with Crippen molar-refractivity contribution in [1.29, 1.82) is 0 Å². The number of anilines is 1. The van der Waals surface area contributed by atoms with Crippen molar-refractivity contribution in [3.05, 3.63) is 40.5 Å². The van der Waals surface area contributed by atoms with Crippen LogP contribution in [0.15, 0.2) is 24.3 Å². The van der Waals surface area contributed by atoms with Crippen LogP contribution in [0, 0.1) is 0 Å². The van der Waals surface area contributed by atoms with E-state index in [2.05, 4.69) is 10.2 Å². The Morgan fingerprint density at radius 3 is 3.00 bits per heavy atom. The fraction of sp³-hybridized carbons (Fsp3) is 0.412. The Morgan fingerprint density at radius 2 is 2.29 bits per heavy atom. The highest BCUT2D eigenvalue weighted by atomic mass is 35.5. The number of phenolic OH excluding ortho intramolecular Hbond substituents is 1. The Morgan fingerprint density at radius 1 is 1.46 bits per heavy atom. The average Bonchev–Trinajstić information content (AvgIpc) is 2.92. The number of piperidine rings is 1. The molecule has 1 amide bonds. The SMILES string of the molecule is Nc1n[nH]c(C(=O)N2CCCCC2CCc2cccc(O)c2)c1Cl. The molecule has 7 heteroatoms. The Kier molecular flexibility index (Phi) is 4.94. The molecule has 1 aliphatic heterocycles. The van der Waals surface area contributed by atoms with Gasteiger partial charge in [0, 0.05) is 12.6 Å². The Labute approximate surface area is 145 Å². The van der Waals surface area contributed by atoms with Crippen LogP contribution < -0.4 is 5.73 Å². The smallest absolute Gasteiger partial charge is 0.273 e. The largest absolute Gasteiger partial charge is 0.508 e. The molecular formula is C17H21ClN4O2. The van der Waals surface area contributed by atoms with Gasteiger partial charge in [0.25, 0.3) is 5.91 Å². The normalized spacial score (nSPS) is 17.9. The Bertz CT molecular complexity index is 731. The summed E-state index contributed by atoms with van der Waals surface area (Å²) in [4.78, 5) is 14.7. The number of halogens is 1. The Balaban J connectivity index is 1.71. The van der Waals surface area contributed by atoms with E-state index >= 15 is 0 Å². The van der Waals surface area contributed by atoms with Gasteiger partial charge in [0.05, 0.1) is 0 Å². The number of aromatic nitrogens is 2. The molecule has 1 unspecified atom stereocenters. The van der Waals surface area contributed by atoms with Gasteiger partial charge in [0.1, 0.15) is 16.5 Å². The van der Waals surface area contributed by atoms with Crippen molar-refractivity contribution in [2.75, 3.05) is 12.3 Å². The van der Waals surface area contributed by atoms with Crippen LogP contribution in [0.5, 0.6) is 5.75 Å². The van der Waals surface area contributed by atoms with Gasteiger partial charge in [-0.05, 0) is 49.8 Å². The van der Waals surface area contributed by atoms with Crippen LogP contribution in [-0.2, 0) is 6.42 Å². The lowest BCUT2D eigenvalue weighted by atomic mass is 9.95. The zero-order valence-electron chi connectivity index (χ0n) is 13.3. The second kappa shape index (κ2) is 7.13. The van der Waals surface area contributed by atoms with E-state index in [0.29, 0.717) is 6.54 Å². The van der Waals surface area contributed by atoms with Crippen molar-refractivity contribution in [1.82, 2.24) is 15.1 Å². The lowest BCUT2D eigenvalue weighted by Crippen LogP contribution is -2.44. The number of aryl methyl sites for hydroxylation is 1. The first kappa shape index (κ1) is 16.6. The standard InChI is InChI=1S/C17H21ClN4O2/c18-14-15(20-21-16(14)19)17(24)22-9-2-1-5-12(22)8-7-11-4-3-6-13(23)10-11/h3-4,6,10,12,23H,1-2,5,7-9H2,(H3,19,20,21). The first-order chi connectivity index (χ1) is 11.6. The molecule has 0 radical (unpaired) electrons. The van der Waals surface area contributed by atoms with Crippen LogP contribution in [0.25, 0.3) is 0 Å². The van der Waals surface area contributed by atoms with Crippen LogP contribution in [0.4, 0.5) is 5.82 Å². The van der Waals surface area contributed by atoms with Gasteiger partial charge in [-0.1, -0.05) is 23.7 Å². The van der Waals surface area contributed by atoms with Crippen molar-refractivity contribution >= 4 is 23.3 Å². The number of phenols is 1. The number of hydrogen-bond donors (Lipinski definition) is 3. The van der Waals surface area contributed by atoms with Crippen molar-refractivity contribution in [3.63, 3.8) is 0 Å². The van der Waals surface area contributed by atoms with Crippen LogP contribution in [0.1, 0.15) is 41.7 Å². The number of nitrogens with one attached hydrogen (secondary N) is 1. The maximum Gasteiger partial charge on any atom is 0.273 e. The first-order valence-corrected chi connectivity index (χ1v) is 8.52. The van der Waals surface area contributed by atoms with Crippen molar-refractivity contribution in [2.45, 2.75) is 38.1 Å². The molecule has 2 aromatic rings. The maximum absolute atomic E-state index is 12.8. The molecule has 1 atom stereocenters. The van der Waals surface area contributed by atoms with E-state index in [0.717, 1.165) is 37.7 Å². The van der Waals surface area contributed by atoms with E-state index < -0.39 is 0 Å². The summed E-state index contributed by atoms with van der Waals surface area (Å²) in [6.07, 6.45) is 4.70. The number of aromatic amines is 1. The Hall–Kier alpha value is -2.21. The molecule has 1 aliphatic rings. The number of likely N-dealkylation sites (tertiary alicyclic amines) is 1. The molecule has 1 aromatic heterocycles. The highest BCUT2D eigenvalue weighted by molar-refractivity contribution is 6.35. The highest BCUT2D eigenvalue weighted by Crippen LogP contribution is 2.27. The van der Waals surface area contributed by atoms with Gasteiger partial charge >= 0.3 is 0 Å². The lowest BCUT2D eigenvalue weighted by Gasteiger charge is -2.35. The molecule has 2 heterocycles. The number of rotatable bonds is 4. The van der Waals surface area contributed by atoms with Gasteiger partial charge in [0.15, 0.2) is 5.82 Å². The average molecular weight is 349 g/mol. The number of nitrogens with two attached hydrogens (primary N) is 1.